The van der Waals surface area contributed by atoms with E-state index in [1.54, 1.807) is 0 Å². The Hall–Kier alpha value is -1.20. The molecule has 1 amide bonds. The molecule has 0 fully saturated rings. The number of thiocarbonyl (C=S) groups is 1. The van der Waals surface area contributed by atoms with E-state index >= 15 is 0 Å². The SMILES string of the molecule is CCCC(=O)Nc1cc(CC(=S)OC)c(Cl)cc1F. The van der Waals surface area contributed by atoms with Gasteiger partial charge in [-0.15, -0.1) is 0 Å². The van der Waals surface area contributed by atoms with Crippen molar-refractivity contribution in [1.29, 1.82) is 0 Å². The van der Waals surface area contributed by atoms with Crippen LogP contribution < -0.4 is 5.32 Å². The molecule has 1 aromatic carbocycles. The van der Waals surface area contributed by atoms with Crippen molar-refractivity contribution in [1.82, 2.24) is 0 Å². The van der Waals surface area contributed by atoms with Gasteiger partial charge in [-0.05, 0) is 36.3 Å². The van der Waals surface area contributed by atoms with Crippen molar-refractivity contribution in [2.45, 2.75) is 26.2 Å². The molecule has 0 aliphatic carbocycles. The molecule has 104 valence electrons. The average molecular weight is 304 g/mol. The molecule has 1 N–H and O–H groups in total. The van der Waals surface area contributed by atoms with Crippen LogP contribution in [0.3, 0.4) is 0 Å². The molecule has 0 heterocycles. The van der Waals surface area contributed by atoms with Crippen LogP contribution in [0.1, 0.15) is 25.3 Å². The van der Waals surface area contributed by atoms with Gasteiger partial charge in [0.2, 0.25) is 5.91 Å². The Morgan fingerprint density at radius 3 is 2.79 bits per heavy atom. The molecule has 0 radical (unpaired) electrons. The van der Waals surface area contributed by atoms with Gasteiger partial charge in [0.1, 0.15) is 5.82 Å². The monoisotopic (exact) mass is 303 g/mol. The lowest BCUT2D eigenvalue weighted by Crippen LogP contribution is -2.13. The van der Waals surface area contributed by atoms with E-state index in [1.807, 2.05) is 6.92 Å². The molecule has 0 aliphatic rings. The van der Waals surface area contributed by atoms with Gasteiger partial charge in [0.25, 0.3) is 0 Å². The minimum Gasteiger partial charge on any atom is -0.490 e. The lowest BCUT2D eigenvalue weighted by atomic mass is 10.1. The molecule has 6 heteroatoms. The number of methoxy groups -OCH3 is 1. The quantitative estimate of drug-likeness (QED) is 0.842. The van der Waals surface area contributed by atoms with E-state index in [1.165, 1.54) is 13.2 Å². The summed E-state index contributed by atoms with van der Waals surface area (Å²) in [6.07, 6.45) is 1.33. The maximum Gasteiger partial charge on any atom is 0.224 e. The highest BCUT2D eigenvalue weighted by molar-refractivity contribution is 7.80. The number of hydrogen-bond acceptors (Lipinski definition) is 3. The fourth-order valence-electron chi connectivity index (χ4n) is 1.49. The zero-order valence-corrected chi connectivity index (χ0v) is 12.3. The van der Waals surface area contributed by atoms with Gasteiger partial charge in [0, 0.05) is 17.9 Å². The molecule has 0 saturated carbocycles. The summed E-state index contributed by atoms with van der Waals surface area (Å²) in [6.45, 7) is 1.88. The van der Waals surface area contributed by atoms with Crippen molar-refractivity contribution in [2.24, 2.45) is 0 Å². The summed E-state index contributed by atoms with van der Waals surface area (Å²) in [4.78, 5) is 11.5. The average Bonchev–Trinajstić information content (AvgIpc) is 2.35. The maximum absolute atomic E-state index is 13.7. The second kappa shape index (κ2) is 7.40. The Bertz CT molecular complexity index is 494. The predicted octanol–water partition coefficient (Wildman–Crippen LogP) is 3.73. The number of hydrogen-bond donors (Lipinski definition) is 1. The molecule has 0 spiro atoms. The first-order chi connectivity index (χ1) is 8.97. The Labute approximate surface area is 122 Å². The predicted molar refractivity (Wildman–Crippen MR) is 78.3 cm³/mol. The van der Waals surface area contributed by atoms with Crippen LogP contribution in [0.2, 0.25) is 5.02 Å². The summed E-state index contributed by atoms with van der Waals surface area (Å²) in [5.74, 6) is -0.800. The van der Waals surface area contributed by atoms with Gasteiger partial charge in [0.05, 0.1) is 12.8 Å². The fraction of sp³-hybridized carbons (Fsp3) is 0.385. The van der Waals surface area contributed by atoms with E-state index in [0.29, 0.717) is 29.9 Å². The van der Waals surface area contributed by atoms with Gasteiger partial charge in [-0.2, -0.15) is 0 Å². The molecular formula is C13H15ClFNO2S. The summed E-state index contributed by atoms with van der Waals surface area (Å²) >= 11 is 10.9. The third-order valence-electron chi connectivity index (χ3n) is 2.45. The highest BCUT2D eigenvalue weighted by atomic mass is 35.5. The van der Waals surface area contributed by atoms with Crippen LogP contribution in [0, 0.1) is 5.82 Å². The van der Waals surface area contributed by atoms with Gasteiger partial charge in [0.15, 0.2) is 5.05 Å². The number of benzene rings is 1. The highest BCUT2D eigenvalue weighted by Gasteiger charge is 2.12. The van der Waals surface area contributed by atoms with Crippen molar-refractivity contribution in [3.63, 3.8) is 0 Å². The van der Waals surface area contributed by atoms with Crippen LogP contribution in [-0.4, -0.2) is 18.1 Å². The molecule has 0 saturated heterocycles. The Kier molecular flexibility index (Phi) is 6.18. The van der Waals surface area contributed by atoms with E-state index in [-0.39, 0.29) is 16.6 Å². The summed E-state index contributed by atoms with van der Waals surface area (Å²) in [6, 6.07) is 2.65. The summed E-state index contributed by atoms with van der Waals surface area (Å²) in [5.41, 5.74) is 0.721. The summed E-state index contributed by atoms with van der Waals surface area (Å²) in [7, 11) is 1.46. The molecule has 19 heavy (non-hydrogen) atoms. The molecule has 3 nitrogen and oxygen atoms in total. The van der Waals surface area contributed by atoms with Gasteiger partial charge in [-0.25, -0.2) is 4.39 Å². The number of carbonyl (C=O) groups excluding carboxylic acids is 1. The number of halogens is 2. The fourth-order valence-corrected chi connectivity index (χ4v) is 1.87. The second-order valence-corrected chi connectivity index (χ2v) is 4.84. The van der Waals surface area contributed by atoms with Crippen LogP contribution in [0.15, 0.2) is 12.1 Å². The van der Waals surface area contributed by atoms with Gasteiger partial charge in [-0.1, -0.05) is 18.5 Å². The van der Waals surface area contributed by atoms with E-state index in [4.69, 9.17) is 28.6 Å². The minimum absolute atomic E-state index is 0.108. The number of anilines is 1. The van der Waals surface area contributed by atoms with Gasteiger partial charge >= 0.3 is 0 Å². The first-order valence-electron chi connectivity index (χ1n) is 5.82. The number of amides is 1. The van der Waals surface area contributed by atoms with Crippen molar-refractivity contribution in [3.8, 4) is 0 Å². The number of ether oxygens (including phenoxy) is 1. The molecule has 0 atom stereocenters. The standard InChI is InChI=1S/C13H15ClFNO2S/c1-3-4-12(17)16-11-5-8(6-13(19)18-2)9(14)7-10(11)15/h5,7H,3-4,6H2,1-2H3,(H,16,17). The van der Waals surface area contributed by atoms with Crippen LogP contribution in [-0.2, 0) is 16.0 Å². The minimum atomic E-state index is -0.568. The van der Waals surface area contributed by atoms with E-state index < -0.39 is 5.82 Å². The third kappa shape index (κ3) is 4.76. The number of nitrogens with one attached hydrogen (secondary N) is 1. The molecule has 0 unspecified atom stereocenters. The summed E-state index contributed by atoms with van der Waals surface area (Å²) < 4.78 is 18.6. The highest BCUT2D eigenvalue weighted by Crippen LogP contribution is 2.25. The van der Waals surface area contributed by atoms with E-state index in [9.17, 15) is 9.18 Å². The second-order valence-electron chi connectivity index (χ2n) is 3.97. The molecule has 0 bridgehead atoms. The van der Waals surface area contributed by atoms with Crippen LogP contribution >= 0.6 is 23.8 Å². The lowest BCUT2D eigenvalue weighted by Gasteiger charge is -2.10. The van der Waals surface area contributed by atoms with Gasteiger partial charge < -0.3 is 10.1 Å². The van der Waals surface area contributed by atoms with Crippen LogP contribution in [0.25, 0.3) is 0 Å². The van der Waals surface area contributed by atoms with Crippen molar-refractivity contribution in [2.75, 3.05) is 12.4 Å². The Balaban J connectivity index is 2.95. The third-order valence-corrected chi connectivity index (χ3v) is 3.11. The largest absolute Gasteiger partial charge is 0.490 e. The van der Waals surface area contributed by atoms with Crippen molar-refractivity contribution >= 4 is 40.5 Å². The van der Waals surface area contributed by atoms with E-state index in [2.05, 4.69) is 5.32 Å². The number of rotatable bonds is 5. The molecule has 1 rings (SSSR count). The first kappa shape index (κ1) is 15.9. The smallest absolute Gasteiger partial charge is 0.224 e. The molecule has 1 aromatic rings. The number of carbonyl (C=O) groups is 1. The Morgan fingerprint density at radius 1 is 1.53 bits per heavy atom. The molecule has 0 aromatic heterocycles. The molecule has 0 aliphatic heterocycles. The molecular weight excluding hydrogens is 289 g/mol. The van der Waals surface area contributed by atoms with E-state index in [0.717, 1.165) is 6.07 Å². The van der Waals surface area contributed by atoms with Crippen molar-refractivity contribution in [3.05, 3.63) is 28.5 Å². The first-order valence-corrected chi connectivity index (χ1v) is 6.61. The van der Waals surface area contributed by atoms with Crippen LogP contribution in [0.5, 0.6) is 0 Å². The van der Waals surface area contributed by atoms with Crippen molar-refractivity contribution < 1.29 is 13.9 Å². The topological polar surface area (TPSA) is 38.3 Å². The zero-order chi connectivity index (χ0) is 14.4. The summed E-state index contributed by atoms with van der Waals surface area (Å²) in [5, 5.41) is 3.11. The maximum atomic E-state index is 13.7. The van der Waals surface area contributed by atoms with Gasteiger partial charge in [-0.3, -0.25) is 4.79 Å². The lowest BCUT2D eigenvalue weighted by molar-refractivity contribution is -0.116. The zero-order valence-electron chi connectivity index (χ0n) is 10.8. The van der Waals surface area contributed by atoms with Crippen LogP contribution in [0.4, 0.5) is 10.1 Å². The normalized spacial score (nSPS) is 10.1. The Morgan fingerprint density at radius 2 is 2.21 bits per heavy atom.